The van der Waals surface area contributed by atoms with Crippen LogP contribution in [0.1, 0.15) is 27.2 Å². The van der Waals surface area contributed by atoms with E-state index in [1.807, 2.05) is 0 Å². The van der Waals surface area contributed by atoms with Gasteiger partial charge in [-0.2, -0.15) is 0 Å². The topological polar surface area (TPSA) is 26.4 Å². The molecule has 0 aromatic rings. The van der Waals surface area contributed by atoms with E-state index in [9.17, 15) is 5.11 Å². The van der Waals surface area contributed by atoms with Crippen molar-refractivity contribution in [1.82, 2.24) is 9.80 Å². The molecule has 0 aliphatic rings. The molecule has 0 heterocycles. The molecule has 3 heteroatoms. The van der Waals surface area contributed by atoms with E-state index in [0.29, 0.717) is 0 Å². The van der Waals surface area contributed by atoms with Gasteiger partial charge in [0.2, 0.25) is 0 Å². The van der Waals surface area contributed by atoms with Gasteiger partial charge in [0.05, 0.1) is 6.61 Å². The molecule has 0 spiro atoms. The first-order chi connectivity index (χ1) is 6.78. The van der Waals surface area contributed by atoms with E-state index < -0.39 is 0 Å². The maximum absolute atomic E-state index is 10.4. The molecule has 0 unspecified atom stereocenters. The Morgan fingerprint density at radius 1 is 0.786 bits per heavy atom. The predicted octanol–water partition coefficient (Wildman–Crippen LogP) is 1.47. The highest BCUT2D eigenvalue weighted by atomic mass is 16.3. The molecule has 0 amide bonds. The summed E-state index contributed by atoms with van der Waals surface area (Å²) in [6, 6.07) is 0. The van der Waals surface area contributed by atoms with Crippen LogP contribution in [0.4, 0.5) is 0 Å². The molecular weight excluding hydrogens is 176 g/mol. The van der Waals surface area contributed by atoms with Crippen molar-refractivity contribution in [3.8, 4) is 0 Å². The Morgan fingerprint density at radius 2 is 1.29 bits per heavy atom. The fourth-order valence-corrected chi connectivity index (χ4v) is 1.54. The molecule has 0 bridgehead atoms. The maximum Gasteiger partial charge on any atom is 0.0834 e. The van der Waals surface area contributed by atoms with Gasteiger partial charge in [0.1, 0.15) is 0 Å². The Hall–Kier alpha value is -0.120. The summed E-state index contributed by atoms with van der Waals surface area (Å²) in [5.41, 5.74) is 0. The number of likely N-dealkylation sites (N-methyl/N-ethyl adjacent to an activating group) is 2. The first-order valence-corrected chi connectivity index (χ1v) is 5.81. The van der Waals surface area contributed by atoms with E-state index >= 15 is 0 Å². The third kappa shape index (κ3) is 6.35. The Bertz CT molecular complexity index is 116. The summed E-state index contributed by atoms with van der Waals surface area (Å²) in [6.45, 7) is 13.1. The van der Waals surface area contributed by atoms with Gasteiger partial charge in [-0.15, -0.1) is 0 Å². The molecule has 0 saturated carbocycles. The first kappa shape index (κ1) is 13.9. The molecule has 0 aliphatic carbocycles. The summed E-state index contributed by atoms with van der Waals surface area (Å²) in [7, 11) is 0. The summed E-state index contributed by atoms with van der Waals surface area (Å²) < 4.78 is 0. The van der Waals surface area contributed by atoms with Crippen LogP contribution in [0.2, 0.25) is 0 Å². The standard InChI is InChI=1S/C11H25N2O/c1-4-12(5-2)9-10-13(6-3)8-7-11-14/h4-11H2,1-3H3. The smallest absolute Gasteiger partial charge is 0.0834 e. The van der Waals surface area contributed by atoms with Crippen LogP contribution in [0.25, 0.3) is 0 Å². The molecule has 0 N–H and O–H groups in total. The van der Waals surface area contributed by atoms with Crippen molar-refractivity contribution in [1.29, 1.82) is 0 Å². The van der Waals surface area contributed by atoms with Gasteiger partial charge < -0.3 is 9.80 Å². The van der Waals surface area contributed by atoms with Crippen LogP contribution in [-0.2, 0) is 5.11 Å². The second-order valence-corrected chi connectivity index (χ2v) is 3.52. The molecule has 3 nitrogen and oxygen atoms in total. The second-order valence-electron chi connectivity index (χ2n) is 3.52. The highest BCUT2D eigenvalue weighted by molar-refractivity contribution is 4.60. The highest BCUT2D eigenvalue weighted by Gasteiger charge is 2.04. The number of rotatable bonds is 9. The lowest BCUT2D eigenvalue weighted by Gasteiger charge is -2.24. The third-order valence-electron chi connectivity index (χ3n) is 2.69. The molecule has 14 heavy (non-hydrogen) atoms. The first-order valence-electron chi connectivity index (χ1n) is 5.81. The van der Waals surface area contributed by atoms with Crippen LogP contribution < -0.4 is 0 Å². The van der Waals surface area contributed by atoms with Crippen molar-refractivity contribution in [2.24, 2.45) is 0 Å². The van der Waals surface area contributed by atoms with Gasteiger partial charge in [-0.1, -0.05) is 20.8 Å². The van der Waals surface area contributed by atoms with Gasteiger partial charge in [0.15, 0.2) is 0 Å². The molecule has 1 radical (unpaired) electrons. The molecule has 0 aliphatic heterocycles. The molecule has 0 aromatic carbocycles. The maximum atomic E-state index is 10.4. The van der Waals surface area contributed by atoms with E-state index in [-0.39, 0.29) is 6.61 Å². The van der Waals surface area contributed by atoms with Gasteiger partial charge in [-0.3, -0.25) is 0 Å². The van der Waals surface area contributed by atoms with Crippen LogP contribution in [0.15, 0.2) is 0 Å². The molecule has 0 saturated heterocycles. The van der Waals surface area contributed by atoms with Crippen LogP contribution in [0.5, 0.6) is 0 Å². The third-order valence-corrected chi connectivity index (χ3v) is 2.69. The minimum Gasteiger partial charge on any atom is -0.303 e. The lowest BCUT2D eigenvalue weighted by atomic mass is 10.3. The van der Waals surface area contributed by atoms with Gasteiger partial charge in [-0.25, -0.2) is 5.11 Å². The lowest BCUT2D eigenvalue weighted by Crippen LogP contribution is -2.35. The fourth-order valence-electron chi connectivity index (χ4n) is 1.54. The van der Waals surface area contributed by atoms with Crippen molar-refractivity contribution < 1.29 is 5.11 Å². The van der Waals surface area contributed by atoms with Crippen LogP contribution >= 0.6 is 0 Å². The quantitative estimate of drug-likeness (QED) is 0.565. The summed E-state index contributed by atoms with van der Waals surface area (Å²) in [4.78, 5) is 4.77. The van der Waals surface area contributed by atoms with Gasteiger partial charge in [0.25, 0.3) is 0 Å². The summed E-state index contributed by atoms with van der Waals surface area (Å²) in [5, 5.41) is 10.4. The van der Waals surface area contributed by atoms with E-state index in [2.05, 4.69) is 30.6 Å². The van der Waals surface area contributed by atoms with Crippen LogP contribution in [0, 0.1) is 0 Å². The number of hydrogen-bond acceptors (Lipinski definition) is 2. The Labute approximate surface area is 88.7 Å². The Balaban J connectivity index is 3.59. The van der Waals surface area contributed by atoms with Crippen molar-refractivity contribution in [2.45, 2.75) is 27.2 Å². The molecule has 0 atom stereocenters. The normalized spacial score (nSPS) is 11.6. The summed E-state index contributed by atoms with van der Waals surface area (Å²) >= 11 is 0. The SMILES string of the molecule is CCN(CC)CCN(CC)CCC[O]. The van der Waals surface area contributed by atoms with Gasteiger partial charge in [0, 0.05) is 19.6 Å². The fraction of sp³-hybridized carbons (Fsp3) is 1.00. The Kier molecular flexibility index (Phi) is 9.35. The Morgan fingerprint density at radius 3 is 1.71 bits per heavy atom. The highest BCUT2D eigenvalue weighted by Crippen LogP contribution is 1.93. The van der Waals surface area contributed by atoms with Crippen molar-refractivity contribution in [3.05, 3.63) is 0 Å². The minimum atomic E-state index is 0.0573. The zero-order chi connectivity index (χ0) is 10.8. The van der Waals surface area contributed by atoms with Crippen molar-refractivity contribution in [2.75, 3.05) is 45.9 Å². The monoisotopic (exact) mass is 201 g/mol. The van der Waals surface area contributed by atoms with E-state index in [1.54, 1.807) is 0 Å². The predicted molar refractivity (Wildman–Crippen MR) is 60.1 cm³/mol. The van der Waals surface area contributed by atoms with Gasteiger partial charge >= 0.3 is 0 Å². The average Bonchev–Trinajstić information content (AvgIpc) is 2.23. The largest absolute Gasteiger partial charge is 0.303 e. The molecule has 0 fully saturated rings. The molecule has 85 valence electrons. The second kappa shape index (κ2) is 9.44. The minimum absolute atomic E-state index is 0.0573. The lowest BCUT2D eigenvalue weighted by molar-refractivity contribution is 0.159. The summed E-state index contributed by atoms with van der Waals surface area (Å²) in [6.07, 6.45) is 0.784. The number of hydrogen-bond donors (Lipinski definition) is 0. The van der Waals surface area contributed by atoms with E-state index in [0.717, 1.165) is 45.7 Å². The summed E-state index contributed by atoms with van der Waals surface area (Å²) in [5.74, 6) is 0. The van der Waals surface area contributed by atoms with E-state index in [4.69, 9.17) is 0 Å². The zero-order valence-electron chi connectivity index (χ0n) is 9.96. The van der Waals surface area contributed by atoms with Crippen molar-refractivity contribution >= 4 is 0 Å². The molecule has 0 rings (SSSR count). The zero-order valence-corrected chi connectivity index (χ0v) is 9.96. The van der Waals surface area contributed by atoms with Crippen LogP contribution in [-0.4, -0.2) is 55.7 Å². The average molecular weight is 201 g/mol. The molecule has 0 aromatic heterocycles. The van der Waals surface area contributed by atoms with Crippen LogP contribution in [0.3, 0.4) is 0 Å². The number of nitrogens with zero attached hydrogens (tertiary/aromatic N) is 2. The van der Waals surface area contributed by atoms with E-state index in [1.165, 1.54) is 0 Å². The van der Waals surface area contributed by atoms with Gasteiger partial charge in [-0.05, 0) is 26.1 Å². The van der Waals surface area contributed by atoms with Crippen molar-refractivity contribution in [3.63, 3.8) is 0 Å². The molecular formula is C11H25N2O.